The second-order valence-corrected chi connectivity index (χ2v) is 5.68. The van der Waals surface area contributed by atoms with E-state index < -0.39 is 0 Å². The Morgan fingerprint density at radius 2 is 1.76 bits per heavy atom. The van der Waals surface area contributed by atoms with Crippen LogP contribution in [-0.4, -0.2) is 67.4 Å². The zero-order chi connectivity index (χ0) is 15.4. The molecule has 1 heterocycles. The molecule has 0 bridgehead atoms. The highest BCUT2D eigenvalue weighted by molar-refractivity contribution is 5.83. The highest BCUT2D eigenvalue weighted by atomic mass is 19.1. The Kier molecular flexibility index (Phi) is 5.31. The Morgan fingerprint density at radius 3 is 2.24 bits per heavy atom. The van der Waals surface area contributed by atoms with Crippen molar-refractivity contribution in [2.75, 3.05) is 46.8 Å². The van der Waals surface area contributed by atoms with Crippen LogP contribution in [0, 0.1) is 5.82 Å². The summed E-state index contributed by atoms with van der Waals surface area (Å²) in [6, 6.07) is 5.86. The zero-order valence-corrected chi connectivity index (χ0v) is 13.1. The second-order valence-electron chi connectivity index (χ2n) is 5.68. The van der Waals surface area contributed by atoms with E-state index in [0.717, 1.165) is 38.3 Å². The molecule has 0 N–H and O–H groups in total. The van der Waals surface area contributed by atoms with Gasteiger partial charge in [-0.1, -0.05) is 19.1 Å². The number of hydrogen-bond acceptors (Lipinski definition) is 3. The lowest BCUT2D eigenvalue weighted by molar-refractivity contribution is -0.138. The van der Waals surface area contributed by atoms with E-state index in [1.165, 1.54) is 12.1 Å². The Balaban J connectivity index is 2.11. The van der Waals surface area contributed by atoms with Crippen LogP contribution in [0.5, 0.6) is 0 Å². The SMILES string of the molecule is CCN1CCN(C(=O)C(c2ccc(F)cc2)N(C)C)CC1. The molecule has 4 nitrogen and oxygen atoms in total. The van der Waals surface area contributed by atoms with Crippen LogP contribution in [0.25, 0.3) is 0 Å². The average Bonchev–Trinajstić information content (AvgIpc) is 2.49. The number of hydrogen-bond donors (Lipinski definition) is 0. The summed E-state index contributed by atoms with van der Waals surface area (Å²) in [6.07, 6.45) is 0. The Hall–Kier alpha value is -1.46. The number of likely N-dealkylation sites (N-methyl/N-ethyl adjacent to an activating group) is 2. The first-order chi connectivity index (χ1) is 10.0. The van der Waals surface area contributed by atoms with Gasteiger partial charge in [-0.25, -0.2) is 4.39 Å². The van der Waals surface area contributed by atoms with Crippen molar-refractivity contribution >= 4 is 5.91 Å². The minimum Gasteiger partial charge on any atom is -0.338 e. The van der Waals surface area contributed by atoms with E-state index in [2.05, 4.69) is 11.8 Å². The van der Waals surface area contributed by atoms with E-state index in [1.54, 1.807) is 12.1 Å². The highest BCUT2D eigenvalue weighted by Crippen LogP contribution is 2.22. The number of nitrogens with zero attached hydrogens (tertiary/aromatic N) is 3. The smallest absolute Gasteiger partial charge is 0.244 e. The summed E-state index contributed by atoms with van der Waals surface area (Å²) in [5, 5.41) is 0. The van der Waals surface area contributed by atoms with Gasteiger partial charge in [-0.2, -0.15) is 0 Å². The molecule has 116 valence electrons. The van der Waals surface area contributed by atoms with Crippen molar-refractivity contribution < 1.29 is 9.18 Å². The first-order valence-electron chi connectivity index (χ1n) is 7.46. The fourth-order valence-electron chi connectivity index (χ4n) is 2.76. The molecular weight excluding hydrogens is 269 g/mol. The number of benzene rings is 1. The van der Waals surface area contributed by atoms with Gasteiger partial charge >= 0.3 is 0 Å². The van der Waals surface area contributed by atoms with Gasteiger partial charge in [-0.3, -0.25) is 9.69 Å². The van der Waals surface area contributed by atoms with Crippen molar-refractivity contribution in [2.24, 2.45) is 0 Å². The van der Waals surface area contributed by atoms with Crippen molar-refractivity contribution in [3.63, 3.8) is 0 Å². The molecule has 1 unspecified atom stereocenters. The van der Waals surface area contributed by atoms with Crippen molar-refractivity contribution in [1.82, 2.24) is 14.7 Å². The van der Waals surface area contributed by atoms with E-state index in [1.807, 2.05) is 23.9 Å². The third-order valence-corrected chi connectivity index (χ3v) is 4.07. The van der Waals surface area contributed by atoms with Gasteiger partial charge in [0.25, 0.3) is 0 Å². The van der Waals surface area contributed by atoms with Crippen molar-refractivity contribution in [1.29, 1.82) is 0 Å². The molecule has 0 saturated carbocycles. The number of halogens is 1. The monoisotopic (exact) mass is 293 g/mol. The molecule has 5 heteroatoms. The molecule has 2 rings (SSSR count). The maximum atomic E-state index is 13.1. The minimum absolute atomic E-state index is 0.0994. The van der Waals surface area contributed by atoms with Crippen LogP contribution in [0.1, 0.15) is 18.5 Å². The van der Waals surface area contributed by atoms with E-state index in [4.69, 9.17) is 0 Å². The average molecular weight is 293 g/mol. The van der Waals surface area contributed by atoms with E-state index >= 15 is 0 Å². The first-order valence-corrected chi connectivity index (χ1v) is 7.46. The molecule has 1 aromatic rings. The lowest BCUT2D eigenvalue weighted by Gasteiger charge is -2.37. The highest BCUT2D eigenvalue weighted by Gasteiger charge is 2.29. The number of piperazine rings is 1. The predicted molar refractivity (Wildman–Crippen MR) is 81.5 cm³/mol. The predicted octanol–water partition coefficient (Wildman–Crippen LogP) is 1.59. The molecule has 0 radical (unpaired) electrons. The molecular formula is C16H24FN3O. The number of amides is 1. The number of rotatable bonds is 4. The lowest BCUT2D eigenvalue weighted by Crippen LogP contribution is -2.51. The quantitative estimate of drug-likeness (QED) is 0.843. The molecule has 1 saturated heterocycles. The van der Waals surface area contributed by atoms with Crippen LogP contribution >= 0.6 is 0 Å². The largest absolute Gasteiger partial charge is 0.338 e. The van der Waals surface area contributed by atoms with Crippen molar-refractivity contribution in [3.05, 3.63) is 35.6 Å². The van der Waals surface area contributed by atoms with Gasteiger partial charge in [-0.15, -0.1) is 0 Å². The molecule has 0 spiro atoms. The summed E-state index contributed by atoms with van der Waals surface area (Å²) in [6.45, 7) is 6.53. The van der Waals surface area contributed by atoms with Crippen LogP contribution in [0.2, 0.25) is 0 Å². The van der Waals surface area contributed by atoms with Crippen LogP contribution in [0.4, 0.5) is 4.39 Å². The third-order valence-electron chi connectivity index (χ3n) is 4.07. The first kappa shape index (κ1) is 15.9. The third kappa shape index (κ3) is 3.80. The fourth-order valence-corrected chi connectivity index (χ4v) is 2.76. The van der Waals surface area contributed by atoms with Gasteiger partial charge in [-0.05, 0) is 38.3 Å². The standard InChI is InChI=1S/C16H24FN3O/c1-4-19-9-11-20(12-10-19)16(21)15(18(2)3)13-5-7-14(17)8-6-13/h5-8,15H,4,9-12H2,1-3H3. The lowest BCUT2D eigenvalue weighted by atomic mass is 10.0. The van der Waals surface area contributed by atoms with Gasteiger partial charge in [0.2, 0.25) is 5.91 Å². The Labute approximate surface area is 126 Å². The molecule has 1 aliphatic rings. The molecule has 1 aromatic carbocycles. The Morgan fingerprint density at radius 1 is 1.19 bits per heavy atom. The van der Waals surface area contributed by atoms with Crippen LogP contribution in [0.3, 0.4) is 0 Å². The van der Waals surface area contributed by atoms with Crippen LogP contribution in [-0.2, 0) is 4.79 Å². The molecule has 0 aromatic heterocycles. The summed E-state index contributed by atoms with van der Waals surface area (Å²) in [5.41, 5.74) is 0.837. The van der Waals surface area contributed by atoms with Crippen molar-refractivity contribution in [3.8, 4) is 0 Å². The molecule has 1 fully saturated rings. The van der Waals surface area contributed by atoms with Crippen molar-refractivity contribution in [2.45, 2.75) is 13.0 Å². The molecule has 1 atom stereocenters. The van der Waals surface area contributed by atoms with Gasteiger partial charge in [0.1, 0.15) is 11.9 Å². The number of carbonyl (C=O) groups excluding carboxylic acids is 1. The maximum absolute atomic E-state index is 13.1. The van der Waals surface area contributed by atoms with E-state index in [-0.39, 0.29) is 17.8 Å². The summed E-state index contributed by atoms with van der Waals surface area (Å²) in [7, 11) is 3.77. The molecule has 0 aliphatic carbocycles. The van der Waals surface area contributed by atoms with Crippen LogP contribution < -0.4 is 0 Å². The topological polar surface area (TPSA) is 26.8 Å². The van der Waals surface area contributed by atoms with Crippen LogP contribution in [0.15, 0.2) is 24.3 Å². The summed E-state index contributed by atoms with van der Waals surface area (Å²) >= 11 is 0. The summed E-state index contributed by atoms with van der Waals surface area (Å²) in [5.74, 6) is -0.178. The molecule has 1 aliphatic heterocycles. The maximum Gasteiger partial charge on any atom is 0.244 e. The van der Waals surface area contributed by atoms with E-state index in [0.29, 0.717) is 0 Å². The zero-order valence-electron chi connectivity index (χ0n) is 13.1. The van der Waals surface area contributed by atoms with Gasteiger partial charge in [0.05, 0.1) is 0 Å². The summed E-state index contributed by atoms with van der Waals surface area (Å²) in [4.78, 5) is 18.9. The van der Waals surface area contributed by atoms with Gasteiger partial charge in [0.15, 0.2) is 0 Å². The minimum atomic E-state index is -0.348. The van der Waals surface area contributed by atoms with Gasteiger partial charge in [0, 0.05) is 26.2 Å². The summed E-state index contributed by atoms with van der Waals surface area (Å²) < 4.78 is 13.1. The molecule has 1 amide bonds. The van der Waals surface area contributed by atoms with E-state index in [9.17, 15) is 9.18 Å². The number of carbonyl (C=O) groups is 1. The fraction of sp³-hybridized carbons (Fsp3) is 0.562. The Bertz CT molecular complexity index is 467. The van der Waals surface area contributed by atoms with Gasteiger partial charge < -0.3 is 9.80 Å². The molecule has 21 heavy (non-hydrogen) atoms. The second kappa shape index (κ2) is 7.00. The normalized spacial score (nSPS) is 18.0.